The standard InChI is InChI=1S/C28H37N7O2/c1-18(29-3)27(36)33-26(20-10-5-4-6-11-20)28(37)34-15-9-14-24(34)22-16-25(32-19(2)31-22)35-17-30-21-12-7-8-13-23(21)35/h7-8,12-13,16-18,20,24,26,29H,4-6,9-11,14-15H2,1-3H3,(H,33,36)/t18?,24-,26-/m0/s1. The van der Waals surface area contributed by atoms with Crippen LogP contribution < -0.4 is 10.6 Å². The Kier molecular flexibility index (Phi) is 7.50. The molecule has 2 aliphatic rings. The summed E-state index contributed by atoms with van der Waals surface area (Å²) in [6.45, 7) is 4.37. The fraction of sp³-hybridized carbons (Fsp3) is 0.536. The van der Waals surface area contributed by atoms with Gasteiger partial charge in [-0.3, -0.25) is 14.2 Å². The van der Waals surface area contributed by atoms with Crippen LogP contribution in [0.4, 0.5) is 0 Å². The second-order valence-corrected chi connectivity index (χ2v) is 10.4. The monoisotopic (exact) mass is 503 g/mol. The van der Waals surface area contributed by atoms with Gasteiger partial charge >= 0.3 is 0 Å². The van der Waals surface area contributed by atoms with E-state index in [4.69, 9.17) is 4.98 Å². The summed E-state index contributed by atoms with van der Waals surface area (Å²) in [6.07, 6.45) is 8.85. The number of rotatable bonds is 7. The van der Waals surface area contributed by atoms with Crippen molar-refractivity contribution < 1.29 is 9.59 Å². The lowest BCUT2D eigenvalue weighted by molar-refractivity contribution is -0.139. The number of likely N-dealkylation sites (tertiary alicyclic amines) is 1. The van der Waals surface area contributed by atoms with Gasteiger partial charge in [0.15, 0.2) is 0 Å². The third kappa shape index (κ3) is 5.23. The Labute approximate surface area is 218 Å². The van der Waals surface area contributed by atoms with Crippen LogP contribution in [-0.2, 0) is 9.59 Å². The van der Waals surface area contributed by atoms with E-state index in [-0.39, 0.29) is 29.8 Å². The molecular formula is C28H37N7O2. The van der Waals surface area contributed by atoms with Gasteiger partial charge in [0, 0.05) is 12.6 Å². The van der Waals surface area contributed by atoms with Crippen molar-refractivity contribution >= 4 is 22.8 Å². The van der Waals surface area contributed by atoms with E-state index in [1.165, 1.54) is 6.42 Å². The molecule has 5 rings (SSSR count). The topological polar surface area (TPSA) is 105 Å². The Morgan fingerprint density at radius 1 is 1.05 bits per heavy atom. The number of para-hydroxylation sites is 2. The minimum absolute atomic E-state index is 0.0111. The number of likely N-dealkylation sites (N-methyl/N-ethyl adjacent to an activating group) is 1. The highest BCUT2D eigenvalue weighted by atomic mass is 16.2. The number of benzene rings is 1. The predicted molar refractivity (Wildman–Crippen MR) is 142 cm³/mol. The summed E-state index contributed by atoms with van der Waals surface area (Å²) in [4.78, 5) is 42.9. The van der Waals surface area contributed by atoms with Gasteiger partial charge in [-0.25, -0.2) is 15.0 Å². The van der Waals surface area contributed by atoms with E-state index in [1.807, 2.05) is 53.6 Å². The molecule has 3 atom stereocenters. The number of carbonyl (C=O) groups is 2. The zero-order valence-corrected chi connectivity index (χ0v) is 22.0. The van der Waals surface area contributed by atoms with Crippen LogP contribution in [0.2, 0.25) is 0 Å². The lowest BCUT2D eigenvalue weighted by atomic mass is 9.83. The fourth-order valence-corrected chi connectivity index (χ4v) is 5.79. The first-order chi connectivity index (χ1) is 18.0. The largest absolute Gasteiger partial charge is 0.343 e. The predicted octanol–water partition coefficient (Wildman–Crippen LogP) is 3.46. The Hall–Kier alpha value is -3.33. The van der Waals surface area contributed by atoms with E-state index in [0.29, 0.717) is 12.4 Å². The molecule has 3 heterocycles. The second kappa shape index (κ2) is 11.0. The molecule has 0 radical (unpaired) electrons. The summed E-state index contributed by atoms with van der Waals surface area (Å²) in [6, 6.07) is 8.93. The molecule has 1 saturated carbocycles. The van der Waals surface area contributed by atoms with Gasteiger partial charge in [-0.1, -0.05) is 31.4 Å². The summed E-state index contributed by atoms with van der Waals surface area (Å²) in [7, 11) is 1.76. The van der Waals surface area contributed by atoms with Crippen LogP contribution in [0.15, 0.2) is 36.7 Å². The zero-order valence-electron chi connectivity index (χ0n) is 22.0. The molecule has 1 aliphatic carbocycles. The molecule has 2 aromatic heterocycles. The van der Waals surface area contributed by atoms with Crippen LogP contribution >= 0.6 is 0 Å². The van der Waals surface area contributed by atoms with Crippen molar-refractivity contribution in [1.29, 1.82) is 0 Å². The quantitative estimate of drug-likeness (QED) is 0.512. The van der Waals surface area contributed by atoms with E-state index in [0.717, 1.165) is 61.1 Å². The molecule has 1 aliphatic heterocycles. The van der Waals surface area contributed by atoms with Crippen molar-refractivity contribution in [2.45, 2.75) is 76.9 Å². The minimum atomic E-state index is -0.510. The first-order valence-corrected chi connectivity index (χ1v) is 13.5. The zero-order chi connectivity index (χ0) is 25.9. The number of carbonyl (C=O) groups excluding carboxylic acids is 2. The molecule has 2 N–H and O–H groups in total. The van der Waals surface area contributed by atoms with Gasteiger partial charge < -0.3 is 15.5 Å². The van der Waals surface area contributed by atoms with Crippen LogP contribution in [0.25, 0.3) is 16.9 Å². The lowest BCUT2D eigenvalue weighted by Gasteiger charge is -2.35. The number of amides is 2. The summed E-state index contributed by atoms with van der Waals surface area (Å²) < 4.78 is 1.97. The van der Waals surface area contributed by atoms with Crippen LogP contribution in [0, 0.1) is 12.8 Å². The average Bonchev–Trinajstić information content (AvgIpc) is 3.59. The van der Waals surface area contributed by atoms with Gasteiger partial charge in [0.1, 0.15) is 24.0 Å². The number of nitrogens with zero attached hydrogens (tertiary/aromatic N) is 5. The number of fused-ring (bicyclic) bond motifs is 1. The van der Waals surface area contributed by atoms with Gasteiger partial charge in [-0.05, 0) is 64.6 Å². The smallest absolute Gasteiger partial charge is 0.246 e. The van der Waals surface area contributed by atoms with Gasteiger partial charge in [0.05, 0.1) is 28.8 Å². The van der Waals surface area contributed by atoms with Crippen molar-refractivity contribution in [2.75, 3.05) is 13.6 Å². The number of nitrogens with one attached hydrogen (secondary N) is 2. The molecular weight excluding hydrogens is 466 g/mol. The first kappa shape index (κ1) is 25.3. The molecule has 2 amide bonds. The third-order valence-electron chi connectivity index (χ3n) is 7.93. The number of hydrogen-bond acceptors (Lipinski definition) is 6. The van der Waals surface area contributed by atoms with Gasteiger partial charge in [-0.15, -0.1) is 0 Å². The second-order valence-electron chi connectivity index (χ2n) is 10.4. The number of imidazole rings is 1. The Morgan fingerprint density at radius 2 is 1.84 bits per heavy atom. The highest BCUT2D eigenvalue weighted by molar-refractivity contribution is 5.90. The Balaban J connectivity index is 1.44. The van der Waals surface area contributed by atoms with E-state index in [9.17, 15) is 9.59 Å². The Bertz CT molecular complexity index is 1270. The molecule has 0 spiro atoms. The van der Waals surface area contributed by atoms with Crippen molar-refractivity contribution in [1.82, 2.24) is 35.1 Å². The van der Waals surface area contributed by atoms with E-state index in [2.05, 4.69) is 20.6 Å². The van der Waals surface area contributed by atoms with Gasteiger partial charge in [0.2, 0.25) is 11.8 Å². The molecule has 9 nitrogen and oxygen atoms in total. The maximum absolute atomic E-state index is 14.1. The van der Waals surface area contributed by atoms with Gasteiger partial charge in [-0.2, -0.15) is 0 Å². The van der Waals surface area contributed by atoms with Crippen molar-refractivity contribution in [3.63, 3.8) is 0 Å². The summed E-state index contributed by atoms with van der Waals surface area (Å²) >= 11 is 0. The average molecular weight is 504 g/mol. The van der Waals surface area contributed by atoms with E-state index >= 15 is 0 Å². The van der Waals surface area contributed by atoms with E-state index in [1.54, 1.807) is 13.4 Å². The summed E-state index contributed by atoms with van der Waals surface area (Å²) in [5, 5.41) is 6.11. The third-order valence-corrected chi connectivity index (χ3v) is 7.93. The number of aryl methyl sites for hydroxylation is 1. The highest BCUT2D eigenvalue weighted by Crippen LogP contribution is 2.35. The van der Waals surface area contributed by atoms with Crippen LogP contribution in [-0.4, -0.2) is 61.9 Å². The summed E-state index contributed by atoms with van der Waals surface area (Å²) in [5.41, 5.74) is 2.72. The summed E-state index contributed by atoms with van der Waals surface area (Å²) in [5.74, 6) is 1.45. The van der Waals surface area contributed by atoms with Crippen molar-refractivity contribution in [2.24, 2.45) is 5.92 Å². The lowest BCUT2D eigenvalue weighted by Crippen LogP contribution is -2.55. The van der Waals surface area contributed by atoms with Gasteiger partial charge in [0.25, 0.3) is 0 Å². The fourth-order valence-electron chi connectivity index (χ4n) is 5.79. The maximum Gasteiger partial charge on any atom is 0.246 e. The molecule has 9 heteroatoms. The molecule has 1 unspecified atom stereocenters. The maximum atomic E-state index is 14.1. The van der Waals surface area contributed by atoms with Crippen LogP contribution in [0.1, 0.15) is 69.4 Å². The Morgan fingerprint density at radius 3 is 2.62 bits per heavy atom. The number of hydrogen-bond donors (Lipinski definition) is 2. The molecule has 196 valence electrons. The minimum Gasteiger partial charge on any atom is -0.343 e. The van der Waals surface area contributed by atoms with Crippen molar-refractivity contribution in [3.05, 3.63) is 48.2 Å². The molecule has 1 aromatic carbocycles. The SMILES string of the molecule is CNC(C)C(=O)N[C@H](C(=O)N1CCC[C@H]1c1cc(-n2cnc3ccccc32)nc(C)n1)C1CCCCC1. The molecule has 37 heavy (non-hydrogen) atoms. The van der Waals surface area contributed by atoms with Crippen LogP contribution in [0.3, 0.4) is 0 Å². The van der Waals surface area contributed by atoms with Crippen LogP contribution in [0.5, 0.6) is 0 Å². The molecule has 0 bridgehead atoms. The number of aromatic nitrogens is 4. The molecule has 2 fully saturated rings. The normalized spacial score (nSPS) is 20.2. The van der Waals surface area contributed by atoms with Crippen molar-refractivity contribution in [3.8, 4) is 5.82 Å². The first-order valence-electron chi connectivity index (χ1n) is 13.5. The molecule has 1 saturated heterocycles. The van der Waals surface area contributed by atoms with E-state index < -0.39 is 6.04 Å². The highest BCUT2D eigenvalue weighted by Gasteiger charge is 2.39. The molecule has 3 aromatic rings.